The summed E-state index contributed by atoms with van der Waals surface area (Å²) in [6, 6.07) is 1.74. The van der Waals surface area contributed by atoms with Gasteiger partial charge < -0.3 is 13.7 Å². The van der Waals surface area contributed by atoms with Crippen LogP contribution in [0.1, 0.15) is 52.1 Å². The quantitative estimate of drug-likeness (QED) is 0.492. The number of carbonyl (C=O) groups is 1. The first-order valence-corrected chi connectivity index (χ1v) is 12.4. The van der Waals surface area contributed by atoms with Crippen molar-refractivity contribution < 1.29 is 18.5 Å². The Morgan fingerprint density at radius 1 is 1.21 bits per heavy atom. The number of carbonyl (C=O) groups excluding carboxylic acids is 1. The maximum Gasteiger partial charge on any atom is 0.316 e. The number of methoxy groups -OCH3 is 1. The largest absolute Gasteiger partial charge is 0.468 e. The second kappa shape index (κ2) is 8.53. The summed E-state index contributed by atoms with van der Waals surface area (Å²) in [5.74, 6) is 0.296. The number of rotatable bonds is 7. The zero-order chi connectivity index (χ0) is 21.1. The van der Waals surface area contributed by atoms with Crippen LogP contribution in [0, 0.1) is 5.92 Å². The van der Waals surface area contributed by atoms with Crippen molar-refractivity contribution in [3.8, 4) is 11.3 Å². The van der Waals surface area contributed by atoms with E-state index in [4.69, 9.17) is 13.7 Å². The van der Waals surface area contributed by atoms with Crippen molar-refractivity contribution in [3.63, 3.8) is 0 Å². The Kier molecular flexibility index (Phi) is 6.77. The van der Waals surface area contributed by atoms with E-state index < -0.39 is 14.2 Å². The van der Waals surface area contributed by atoms with E-state index >= 15 is 0 Å². The first kappa shape index (κ1) is 22.2. The molecule has 0 N–H and O–H groups in total. The number of hydrogen-bond donors (Lipinski definition) is 0. The van der Waals surface area contributed by atoms with E-state index in [-0.39, 0.29) is 16.9 Å². The topological polar surface area (TPSA) is 87.3 Å². The van der Waals surface area contributed by atoms with Crippen LogP contribution in [0.5, 0.6) is 0 Å². The molecule has 0 aliphatic rings. The Balaban J connectivity index is 2.12. The van der Waals surface area contributed by atoms with E-state index in [1.807, 2.05) is 13.8 Å². The van der Waals surface area contributed by atoms with E-state index in [0.717, 1.165) is 5.56 Å². The van der Waals surface area contributed by atoms with Crippen molar-refractivity contribution in [2.75, 3.05) is 7.11 Å². The lowest BCUT2D eigenvalue weighted by molar-refractivity contribution is -0.144. The molecule has 2 rings (SSSR count). The third kappa shape index (κ3) is 5.05. The maximum atomic E-state index is 12.0. The van der Waals surface area contributed by atoms with Gasteiger partial charge in [0.2, 0.25) is 0 Å². The zero-order valence-corrected chi connectivity index (χ0v) is 19.1. The summed E-state index contributed by atoms with van der Waals surface area (Å²) in [6.45, 7) is 15.3. The Morgan fingerprint density at radius 3 is 2.32 bits per heavy atom. The summed E-state index contributed by atoms with van der Waals surface area (Å²) in [6.07, 6.45) is 3.39. The summed E-state index contributed by atoms with van der Waals surface area (Å²) < 4.78 is 16.4. The van der Waals surface area contributed by atoms with Gasteiger partial charge in [0.25, 0.3) is 0 Å². The summed E-state index contributed by atoms with van der Waals surface area (Å²) in [4.78, 5) is 20.8. The second-order valence-corrected chi connectivity index (χ2v) is 13.6. The molecule has 0 bridgehead atoms. The van der Waals surface area contributed by atoms with Gasteiger partial charge in [-0.15, -0.1) is 0 Å². The molecule has 0 spiro atoms. The molecule has 0 aliphatic heterocycles. The average Bonchev–Trinajstić information content (AvgIpc) is 3.08. The number of hydrogen-bond acceptors (Lipinski definition) is 7. The molecule has 0 aromatic carbocycles. The van der Waals surface area contributed by atoms with Crippen molar-refractivity contribution in [1.82, 2.24) is 15.1 Å². The molecule has 154 valence electrons. The second-order valence-electron chi connectivity index (χ2n) is 8.80. The molecule has 2 heterocycles. The Bertz CT molecular complexity index is 795. The van der Waals surface area contributed by atoms with Crippen molar-refractivity contribution in [3.05, 3.63) is 30.0 Å². The highest BCUT2D eigenvalue weighted by Gasteiger charge is 2.37. The van der Waals surface area contributed by atoms with Crippen LogP contribution >= 0.6 is 0 Å². The van der Waals surface area contributed by atoms with Gasteiger partial charge in [0.1, 0.15) is 11.6 Å². The van der Waals surface area contributed by atoms with E-state index in [9.17, 15) is 4.79 Å². The van der Waals surface area contributed by atoms with Crippen LogP contribution in [-0.4, -0.2) is 36.5 Å². The summed E-state index contributed by atoms with van der Waals surface area (Å²) >= 11 is 0. The van der Waals surface area contributed by atoms with Gasteiger partial charge in [-0.3, -0.25) is 4.79 Å². The molecule has 7 nitrogen and oxygen atoms in total. The molecular weight excluding hydrogens is 374 g/mol. The van der Waals surface area contributed by atoms with Crippen LogP contribution in [0.3, 0.4) is 0 Å². The normalized spacial score (nSPS) is 13.6. The monoisotopic (exact) mass is 405 g/mol. The van der Waals surface area contributed by atoms with Gasteiger partial charge in [0.15, 0.2) is 19.9 Å². The van der Waals surface area contributed by atoms with Crippen molar-refractivity contribution in [2.45, 2.75) is 65.3 Å². The van der Waals surface area contributed by atoms with Gasteiger partial charge in [-0.25, -0.2) is 9.97 Å². The first-order chi connectivity index (χ1) is 13.0. The van der Waals surface area contributed by atoms with Crippen LogP contribution in [0.25, 0.3) is 11.3 Å². The molecule has 0 aliphatic carbocycles. The third-order valence-electron chi connectivity index (χ3n) is 5.33. The van der Waals surface area contributed by atoms with Gasteiger partial charge in [0, 0.05) is 24.0 Å². The summed E-state index contributed by atoms with van der Waals surface area (Å²) in [5.41, 5.74) is 1.31. The maximum absolute atomic E-state index is 12.0. The zero-order valence-electron chi connectivity index (χ0n) is 18.1. The molecule has 1 atom stereocenters. The van der Waals surface area contributed by atoms with Gasteiger partial charge >= 0.3 is 5.97 Å². The molecule has 0 saturated heterocycles. The average molecular weight is 406 g/mol. The highest BCUT2D eigenvalue weighted by atomic mass is 28.4. The fourth-order valence-corrected chi connectivity index (χ4v) is 3.36. The Labute approximate surface area is 168 Å². The molecule has 2 aromatic rings. The molecule has 1 unspecified atom stereocenters. The standard InChI is InChI=1S/C20H31N3O4Si/c1-13(2)18(19(24)25-6)16-9-15(23-27-16)14-10-21-17(22-11-14)12-26-28(7,8)20(3,4)5/h9-11,13,18H,12H2,1-8H3. The lowest BCUT2D eigenvalue weighted by Crippen LogP contribution is -2.40. The van der Waals surface area contributed by atoms with E-state index in [1.54, 1.807) is 18.5 Å². The van der Waals surface area contributed by atoms with Crippen LogP contribution in [0.4, 0.5) is 0 Å². The molecule has 2 aromatic heterocycles. The van der Waals surface area contributed by atoms with Crippen LogP contribution in [0.2, 0.25) is 18.1 Å². The number of esters is 1. The molecule has 0 saturated carbocycles. The predicted molar refractivity (Wildman–Crippen MR) is 109 cm³/mol. The minimum absolute atomic E-state index is 0.0272. The predicted octanol–water partition coefficient (Wildman–Crippen LogP) is 4.57. The van der Waals surface area contributed by atoms with E-state index in [2.05, 4.69) is 49.0 Å². The van der Waals surface area contributed by atoms with Gasteiger partial charge in [-0.1, -0.05) is 39.8 Å². The number of aromatic nitrogens is 3. The fourth-order valence-electron chi connectivity index (χ4n) is 2.44. The van der Waals surface area contributed by atoms with Gasteiger partial charge in [-0.05, 0) is 24.1 Å². The molecular formula is C20H31N3O4Si. The van der Waals surface area contributed by atoms with Crippen LogP contribution < -0.4 is 0 Å². The minimum Gasteiger partial charge on any atom is -0.468 e. The molecule has 28 heavy (non-hydrogen) atoms. The van der Waals surface area contributed by atoms with Crippen LogP contribution in [0.15, 0.2) is 23.0 Å². The fraction of sp³-hybridized carbons (Fsp3) is 0.600. The Morgan fingerprint density at radius 2 is 1.82 bits per heavy atom. The molecule has 0 fully saturated rings. The summed E-state index contributed by atoms with van der Waals surface area (Å²) in [5, 5.41) is 4.20. The SMILES string of the molecule is COC(=O)C(c1cc(-c2cnc(CO[Si](C)(C)C(C)(C)C)nc2)no1)C(C)C. The molecule has 0 amide bonds. The molecule has 0 radical (unpaired) electrons. The Hall–Kier alpha value is -2.06. The number of nitrogens with zero attached hydrogens (tertiary/aromatic N) is 3. The van der Waals surface area contributed by atoms with Gasteiger partial charge in [-0.2, -0.15) is 0 Å². The highest BCUT2D eigenvalue weighted by molar-refractivity contribution is 6.74. The van der Waals surface area contributed by atoms with Crippen LogP contribution in [-0.2, 0) is 20.6 Å². The number of ether oxygens (including phenoxy) is 1. The smallest absolute Gasteiger partial charge is 0.316 e. The minimum atomic E-state index is -1.85. The lowest BCUT2D eigenvalue weighted by Gasteiger charge is -2.35. The van der Waals surface area contributed by atoms with E-state index in [0.29, 0.717) is 23.9 Å². The van der Waals surface area contributed by atoms with Crippen molar-refractivity contribution in [1.29, 1.82) is 0 Å². The summed E-state index contributed by atoms with van der Waals surface area (Å²) in [7, 11) is -0.482. The van der Waals surface area contributed by atoms with Crippen molar-refractivity contribution >= 4 is 14.3 Å². The lowest BCUT2D eigenvalue weighted by atomic mass is 9.93. The highest BCUT2D eigenvalue weighted by Crippen LogP contribution is 2.37. The molecule has 8 heteroatoms. The van der Waals surface area contributed by atoms with Crippen molar-refractivity contribution in [2.24, 2.45) is 5.92 Å². The van der Waals surface area contributed by atoms with E-state index in [1.165, 1.54) is 7.11 Å². The van der Waals surface area contributed by atoms with Gasteiger partial charge in [0.05, 0.1) is 13.7 Å². The first-order valence-electron chi connectivity index (χ1n) is 9.46. The third-order valence-corrected chi connectivity index (χ3v) is 9.80.